The highest BCUT2D eigenvalue weighted by molar-refractivity contribution is 6.74. The second-order valence-corrected chi connectivity index (χ2v) is 11.2. The second kappa shape index (κ2) is 5.55. The summed E-state index contributed by atoms with van der Waals surface area (Å²) in [6, 6.07) is 8.01. The van der Waals surface area contributed by atoms with Crippen LogP contribution in [0.3, 0.4) is 0 Å². The van der Waals surface area contributed by atoms with Gasteiger partial charge >= 0.3 is 0 Å². The van der Waals surface area contributed by atoms with Gasteiger partial charge in [0.25, 0.3) is 0 Å². The Hall–Kier alpha value is -0.643. The van der Waals surface area contributed by atoms with Crippen molar-refractivity contribution in [2.45, 2.75) is 58.5 Å². The van der Waals surface area contributed by atoms with E-state index in [1.807, 2.05) is 24.3 Å². The topological polar surface area (TPSA) is 29.5 Å². The van der Waals surface area contributed by atoms with Crippen molar-refractivity contribution in [3.8, 4) is 0 Å². The SMILES string of the molecule is C[C@H](O[Si](C)(C)C(C)(C)C)c1ccc(CO)cc1. The summed E-state index contributed by atoms with van der Waals surface area (Å²) in [5.41, 5.74) is 2.12. The molecule has 0 unspecified atom stereocenters. The molecular weight excluding hydrogens is 240 g/mol. The Kier molecular flexibility index (Phi) is 4.76. The van der Waals surface area contributed by atoms with Gasteiger partial charge in [-0.3, -0.25) is 0 Å². The van der Waals surface area contributed by atoms with Gasteiger partial charge in [-0.25, -0.2) is 0 Å². The molecule has 18 heavy (non-hydrogen) atoms. The van der Waals surface area contributed by atoms with Crippen LogP contribution < -0.4 is 0 Å². The average molecular weight is 266 g/mol. The summed E-state index contributed by atoms with van der Waals surface area (Å²) >= 11 is 0. The molecule has 0 heterocycles. The molecule has 1 rings (SSSR count). The normalized spacial score (nSPS) is 14.6. The lowest BCUT2D eigenvalue weighted by Crippen LogP contribution is -2.41. The minimum absolute atomic E-state index is 0.0950. The Labute approximate surface area is 112 Å². The molecule has 0 saturated heterocycles. The fourth-order valence-corrected chi connectivity index (χ4v) is 2.95. The number of hydrogen-bond donors (Lipinski definition) is 1. The van der Waals surface area contributed by atoms with E-state index in [1.165, 1.54) is 5.56 Å². The van der Waals surface area contributed by atoms with Crippen LogP contribution in [0.15, 0.2) is 24.3 Å². The maximum absolute atomic E-state index is 9.04. The predicted octanol–water partition coefficient (Wildman–Crippen LogP) is 4.26. The van der Waals surface area contributed by atoms with E-state index >= 15 is 0 Å². The lowest BCUT2D eigenvalue weighted by Gasteiger charge is -2.38. The summed E-state index contributed by atoms with van der Waals surface area (Å²) in [6.45, 7) is 13.5. The van der Waals surface area contributed by atoms with Crippen LogP contribution in [0, 0.1) is 0 Å². The molecule has 0 spiro atoms. The molecular formula is C15H26O2Si. The van der Waals surface area contributed by atoms with E-state index in [4.69, 9.17) is 9.53 Å². The molecule has 1 N–H and O–H groups in total. The summed E-state index contributed by atoms with van der Waals surface area (Å²) in [7, 11) is -1.72. The monoisotopic (exact) mass is 266 g/mol. The smallest absolute Gasteiger partial charge is 0.192 e. The van der Waals surface area contributed by atoms with Gasteiger partial charge in [-0.2, -0.15) is 0 Å². The molecule has 2 nitrogen and oxygen atoms in total. The lowest BCUT2D eigenvalue weighted by atomic mass is 10.1. The van der Waals surface area contributed by atoms with Crippen LogP contribution >= 0.6 is 0 Å². The van der Waals surface area contributed by atoms with E-state index in [2.05, 4.69) is 40.8 Å². The van der Waals surface area contributed by atoms with Crippen molar-refractivity contribution < 1.29 is 9.53 Å². The lowest BCUT2D eigenvalue weighted by molar-refractivity contribution is 0.203. The van der Waals surface area contributed by atoms with Crippen molar-refractivity contribution in [3.63, 3.8) is 0 Å². The molecule has 1 aromatic rings. The quantitative estimate of drug-likeness (QED) is 0.825. The predicted molar refractivity (Wildman–Crippen MR) is 79.1 cm³/mol. The van der Waals surface area contributed by atoms with Gasteiger partial charge in [-0.1, -0.05) is 45.0 Å². The van der Waals surface area contributed by atoms with Gasteiger partial charge in [0, 0.05) is 0 Å². The average Bonchev–Trinajstić information content (AvgIpc) is 2.27. The van der Waals surface area contributed by atoms with Crippen molar-refractivity contribution in [1.29, 1.82) is 0 Å². The molecule has 1 aromatic carbocycles. The maximum Gasteiger partial charge on any atom is 0.192 e. The summed E-state index contributed by atoms with van der Waals surface area (Å²) in [5, 5.41) is 9.26. The maximum atomic E-state index is 9.04. The third-order valence-corrected chi connectivity index (χ3v) is 8.46. The Morgan fingerprint density at radius 3 is 2.06 bits per heavy atom. The van der Waals surface area contributed by atoms with E-state index < -0.39 is 8.32 Å². The highest BCUT2D eigenvalue weighted by Gasteiger charge is 2.38. The van der Waals surface area contributed by atoms with Crippen LogP contribution in [0.2, 0.25) is 18.1 Å². The Morgan fingerprint density at radius 1 is 1.17 bits per heavy atom. The van der Waals surface area contributed by atoms with Crippen molar-refractivity contribution in [3.05, 3.63) is 35.4 Å². The van der Waals surface area contributed by atoms with E-state index in [-0.39, 0.29) is 17.7 Å². The first-order chi connectivity index (χ1) is 8.17. The molecule has 0 aliphatic carbocycles. The Bertz CT molecular complexity index is 376. The van der Waals surface area contributed by atoms with E-state index in [1.54, 1.807) is 0 Å². The molecule has 3 heteroatoms. The molecule has 0 bridgehead atoms. The molecule has 0 fully saturated rings. The number of hydrogen-bond acceptors (Lipinski definition) is 2. The number of aliphatic hydroxyl groups is 1. The van der Waals surface area contributed by atoms with Gasteiger partial charge in [-0.15, -0.1) is 0 Å². The second-order valence-electron chi connectivity index (χ2n) is 6.42. The van der Waals surface area contributed by atoms with E-state index in [0.29, 0.717) is 0 Å². The Morgan fingerprint density at radius 2 is 1.67 bits per heavy atom. The Balaban J connectivity index is 2.78. The first kappa shape index (κ1) is 15.4. The van der Waals surface area contributed by atoms with Crippen molar-refractivity contribution in [2.24, 2.45) is 0 Å². The van der Waals surface area contributed by atoms with Crippen molar-refractivity contribution >= 4 is 8.32 Å². The summed E-state index contributed by atoms with van der Waals surface area (Å²) < 4.78 is 6.34. The van der Waals surface area contributed by atoms with Gasteiger partial charge in [0.2, 0.25) is 0 Å². The third-order valence-electron chi connectivity index (χ3n) is 3.91. The molecule has 102 valence electrons. The van der Waals surface area contributed by atoms with Gasteiger partial charge in [0.15, 0.2) is 8.32 Å². The number of rotatable bonds is 4. The fraction of sp³-hybridized carbons (Fsp3) is 0.600. The van der Waals surface area contributed by atoms with Crippen LogP contribution in [0.4, 0.5) is 0 Å². The molecule has 1 atom stereocenters. The first-order valence-corrected chi connectivity index (χ1v) is 9.46. The molecule has 0 aromatic heterocycles. The van der Waals surface area contributed by atoms with E-state index in [9.17, 15) is 0 Å². The highest BCUT2D eigenvalue weighted by atomic mass is 28.4. The molecule has 0 amide bonds. The largest absolute Gasteiger partial charge is 0.410 e. The zero-order valence-corrected chi connectivity index (χ0v) is 13.4. The van der Waals surface area contributed by atoms with Gasteiger partial charge in [0.1, 0.15) is 0 Å². The summed E-state index contributed by atoms with van der Waals surface area (Å²) in [6.07, 6.45) is 0.110. The molecule has 0 aliphatic heterocycles. The zero-order chi connectivity index (χ0) is 14.0. The van der Waals surface area contributed by atoms with Crippen LogP contribution in [0.5, 0.6) is 0 Å². The van der Waals surface area contributed by atoms with Gasteiger partial charge < -0.3 is 9.53 Å². The van der Waals surface area contributed by atoms with E-state index in [0.717, 1.165) is 5.56 Å². The molecule has 0 aliphatic rings. The third kappa shape index (κ3) is 3.67. The number of benzene rings is 1. The van der Waals surface area contributed by atoms with Gasteiger partial charge in [-0.05, 0) is 36.2 Å². The highest BCUT2D eigenvalue weighted by Crippen LogP contribution is 2.39. The van der Waals surface area contributed by atoms with Gasteiger partial charge in [0.05, 0.1) is 12.7 Å². The van der Waals surface area contributed by atoms with Crippen LogP contribution in [-0.2, 0) is 11.0 Å². The standard InChI is InChI=1S/C15H26O2Si/c1-12(17-18(5,6)15(2,3)4)14-9-7-13(11-16)8-10-14/h7-10,12,16H,11H2,1-6H3/t12-/m0/s1. The number of aliphatic hydroxyl groups excluding tert-OH is 1. The van der Waals surface area contributed by atoms with Crippen LogP contribution in [0.1, 0.15) is 44.9 Å². The minimum Gasteiger partial charge on any atom is -0.410 e. The molecule has 0 saturated carbocycles. The van der Waals surface area contributed by atoms with Crippen molar-refractivity contribution in [2.75, 3.05) is 0 Å². The minimum atomic E-state index is -1.72. The summed E-state index contributed by atoms with van der Waals surface area (Å²) in [4.78, 5) is 0. The van der Waals surface area contributed by atoms with Crippen molar-refractivity contribution in [1.82, 2.24) is 0 Å². The van der Waals surface area contributed by atoms with Crippen LogP contribution in [0.25, 0.3) is 0 Å². The van der Waals surface area contributed by atoms with Crippen LogP contribution in [-0.4, -0.2) is 13.4 Å². The zero-order valence-electron chi connectivity index (χ0n) is 12.4. The summed E-state index contributed by atoms with van der Waals surface area (Å²) in [5.74, 6) is 0. The fourth-order valence-electron chi connectivity index (χ4n) is 1.58. The first-order valence-electron chi connectivity index (χ1n) is 6.55. The molecule has 0 radical (unpaired) electrons.